The minimum atomic E-state index is -0.870. The molecule has 0 unspecified atom stereocenters. The predicted molar refractivity (Wildman–Crippen MR) is 63.8 cm³/mol. The standard InChI is InChI=1S/C12H17NO3S/c1-7-6-13-10(17-7)12(14)4-8-9(5-12)16-11(2,3)15-8/h6,8-9,14H,4-5H2,1-3H3/t8-,9+,12+. The van der Waals surface area contributed by atoms with Crippen molar-refractivity contribution in [2.24, 2.45) is 0 Å². The van der Waals surface area contributed by atoms with Crippen LogP contribution in [0, 0.1) is 6.92 Å². The van der Waals surface area contributed by atoms with Crippen LogP contribution < -0.4 is 0 Å². The van der Waals surface area contributed by atoms with Crippen LogP contribution in [0.2, 0.25) is 0 Å². The molecule has 1 saturated heterocycles. The van der Waals surface area contributed by atoms with Crippen LogP contribution in [-0.2, 0) is 15.1 Å². The van der Waals surface area contributed by atoms with Gasteiger partial charge in [0.2, 0.25) is 0 Å². The summed E-state index contributed by atoms with van der Waals surface area (Å²) in [7, 11) is 0. The topological polar surface area (TPSA) is 51.6 Å². The Morgan fingerprint density at radius 2 is 1.94 bits per heavy atom. The Labute approximate surface area is 105 Å². The molecule has 0 amide bonds. The summed E-state index contributed by atoms with van der Waals surface area (Å²) >= 11 is 1.55. The lowest BCUT2D eigenvalue weighted by Gasteiger charge is -2.24. The van der Waals surface area contributed by atoms with Crippen molar-refractivity contribution in [1.29, 1.82) is 0 Å². The van der Waals surface area contributed by atoms with Gasteiger partial charge in [0.25, 0.3) is 0 Å². The molecular weight excluding hydrogens is 238 g/mol. The second kappa shape index (κ2) is 3.51. The van der Waals surface area contributed by atoms with Gasteiger partial charge < -0.3 is 14.6 Å². The molecule has 5 heteroatoms. The van der Waals surface area contributed by atoms with Gasteiger partial charge in [0, 0.05) is 23.9 Å². The van der Waals surface area contributed by atoms with Crippen LogP contribution in [0.4, 0.5) is 0 Å². The summed E-state index contributed by atoms with van der Waals surface area (Å²) in [5.74, 6) is -0.518. The molecule has 0 aromatic carbocycles. The van der Waals surface area contributed by atoms with E-state index in [1.165, 1.54) is 0 Å². The van der Waals surface area contributed by atoms with Gasteiger partial charge in [0.05, 0.1) is 12.2 Å². The number of rotatable bonds is 1. The second-order valence-electron chi connectivity index (χ2n) is 5.43. The quantitative estimate of drug-likeness (QED) is 0.833. The van der Waals surface area contributed by atoms with Crippen molar-refractivity contribution in [2.45, 2.75) is 57.2 Å². The minimum absolute atomic E-state index is 0.0146. The van der Waals surface area contributed by atoms with Gasteiger partial charge in [-0.2, -0.15) is 0 Å². The van der Waals surface area contributed by atoms with Gasteiger partial charge in [0.15, 0.2) is 5.79 Å². The average molecular weight is 255 g/mol. The molecule has 17 heavy (non-hydrogen) atoms. The summed E-state index contributed by atoms with van der Waals surface area (Å²) in [5, 5.41) is 11.4. The van der Waals surface area contributed by atoms with Crippen molar-refractivity contribution >= 4 is 11.3 Å². The number of hydrogen-bond donors (Lipinski definition) is 1. The lowest BCUT2D eigenvalue weighted by Crippen LogP contribution is -2.29. The van der Waals surface area contributed by atoms with E-state index >= 15 is 0 Å². The summed E-state index contributed by atoms with van der Waals surface area (Å²) in [6.45, 7) is 5.83. The first-order valence-electron chi connectivity index (χ1n) is 5.89. The van der Waals surface area contributed by atoms with E-state index in [1.807, 2.05) is 20.8 Å². The fraction of sp³-hybridized carbons (Fsp3) is 0.750. The van der Waals surface area contributed by atoms with Gasteiger partial charge in [-0.05, 0) is 20.8 Å². The summed E-state index contributed by atoms with van der Waals surface area (Å²) in [6.07, 6.45) is 2.93. The Balaban J connectivity index is 1.82. The summed E-state index contributed by atoms with van der Waals surface area (Å²) in [6, 6.07) is 0. The van der Waals surface area contributed by atoms with Crippen molar-refractivity contribution in [2.75, 3.05) is 0 Å². The van der Waals surface area contributed by atoms with E-state index < -0.39 is 11.4 Å². The molecule has 2 aliphatic rings. The lowest BCUT2D eigenvalue weighted by atomic mass is 10.0. The first kappa shape index (κ1) is 11.6. The summed E-state index contributed by atoms with van der Waals surface area (Å²) < 4.78 is 11.6. The number of thiazole rings is 1. The molecule has 3 rings (SSSR count). The maximum absolute atomic E-state index is 10.6. The molecule has 1 saturated carbocycles. The number of ether oxygens (including phenoxy) is 2. The number of aryl methyl sites for hydroxylation is 1. The van der Waals surface area contributed by atoms with Crippen molar-refractivity contribution in [1.82, 2.24) is 4.98 Å². The van der Waals surface area contributed by atoms with Crippen LogP contribution in [0.1, 0.15) is 36.6 Å². The number of nitrogens with zero attached hydrogens (tertiary/aromatic N) is 1. The molecule has 0 bridgehead atoms. The Hall–Kier alpha value is -0.490. The lowest BCUT2D eigenvalue weighted by molar-refractivity contribution is -0.165. The normalized spacial score (nSPS) is 39.5. The van der Waals surface area contributed by atoms with Gasteiger partial charge in [-0.15, -0.1) is 11.3 Å². The third-order valence-corrected chi connectivity index (χ3v) is 4.49. The van der Waals surface area contributed by atoms with Crippen molar-refractivity contribution in [3.63, 3.8) is 0 Å². The molecule has 1 aliphatic carbocycles. The molecule has 1 N–H and O–H groups in total. The van der Waals surface area contributed by atoms with Gasteiger partial charge in [-0.25, -0.2) is 4.98 Å². The Bertz CT molecular complexity index is 427. The van der Waals surface area contributed by atoms with Crippen LogP contribution >= 0.6 is 11.3 Å². The SMILES string of the molecule is Cc1cnc([C@@]2(O)C[C@@H]3OC(C)(C)O[C@@H]3C2)s1. The van der Waals surface area contributed by atoms with Crippen molar-refractivity contribution < 1.29 is 14.6 Å². The van der Waals surface area contributed by atoms with Crippen LogP contribution in [0.3, 0.4) is 0 Å². The third kappa shape index (κ3) is 1.91. The molecule has 4 nitrogen and oxygen atoms in total. The molecule has 1 aliphatic heterocycles. The smallest absolute Gasteiger partial charge is 0.163 e. The highest BCUT2D eigenvalue weighted by molar-refractivity contribution is 7.11. The Kier molecular flexibility index (Phi) is 2.39. The van der Waals surface area contributed by atoms with Crippen molar-refractivity contribution in [3.8, 4) is 0 Å². The van der Waals surface area contributed by atoms with E-state index in [1.54, 1.807) is 17.5 Å². The second-order valence-corrected chi connectivity index (χ2v) is 6.66. The third-order valence-electron chi connectivity index (χ3n) is 3.38. The van der Waals surface area contributed by atoms with Crippen LogP contribution in [-0.4, -0.2) is 28.1 Å². The first-order chi connectivity index (χ1) is 7.88. The molecule has 2 fully saturated rings. The molecular formula is C12H17NO3S. The Morgan fingerprint density at radius 3 is 2.41 bits per heavy atom. The van der Waals surface area contributed by atoms with Crippen LogP contribution in [0.15, 0.2) is 6.20 Å². The van der Waals surface area contributed by atoms with Gasteiger partial charge >= 0.3 is 0 Å². The average Bonchev–Trinajstić information content (AvgIpc) is 2.77. The van der Waals surface area contributed by atoms with E-state index in [2.05, 4.69) is 4.98 Å². The molecule has 1 aromatic rings. The fourth-order valence-corrected chi connectivity index (χ4v) is 3.62. The highest BCUT2D eigenvalue weighted by Crippen LogP contribution is 2.48. The number of fused-ring (bicyclic) bond motifs is 1. The number of aliphatic hydroxyl groups is 1. The molecule has 3 atom stereocenters. The molecule has 1 aromatic heterocycles. The number of aromatic nitrogens is 1. The van der Waals surface area contributed by atoms with E-state index in [9.17, 15) is 5.11 Å². The zero-order chi connectivity index (χ0) is 12.3. The van der Waals surface area contributed by atoms with E-state index in [-0.39, 0.29) is 12.2 Å². The van der Waals surface area contributed by atoms with Crippen molar-refractivity contribution in [3.05, 3.63) is 16.1 Å². The summed E-state index contributed by atoms with van der Waals surface area (Å²) in [4.78, 5) is 5.41. The number of hydrogen-bond acceptors (Lipinski definition) is 5. The predicted octanol–water partition coefficient (Wildman–Crippen LogP) is 1.95. The van der Waals surface area contributed by atoms with Gasteiger partial charge in [-0.3, -0.25) is 0 Å². The minimum Gasteiger partial charge on any atom is -0.382 e. The first-order valence-corrected chi connectivity index (χ1v) is 6.71. The molecule has 94 valence electrons. The molecule has 2 heterocycles. The van der Waals surface area contributed by atoms with E-state index in [4.69, 9.17) is 9.47 Å². The molecule has 0 spiro atoms. The zero-order valence-corrected chi connectivity index (χ0v) is 11.1. The van der Waals surface area contributed by atoms with E-state index in [0.29, 0.717) is 12.8 Å². The van der Waals surface area contributed by atoms with Gasteiger partial charge in [0.1, 0.15) is 10.6 Å². The highest BCUT2D eigenvalue weighted by Gasteiger charge is 2.54. The maximum atomic E-state index is 10.6. The zero-order valence-electron chi connectivity index (χ0n) is 10.3. The largest absolute Gasteiger partial charge is 0.382 e. The van der Waals surface area contributed by atoms with Gasteiger partial charge in [-0.1, -0.05) is 0 Å². The fourth-order valence-electron chi connectivity index (χ4n) is 2.75. The maximum Gasteiger partial charge on any atom is 0.163 e. The van der Waals surface area contributed by atoms with Crippen LogP contribution in [0.5, 0.6) is 0 Å². The van der Waals surface area contributed by atoms with Crippen LogP contribution in [0.25, 0.3) is 0 Å². The summed E-state index contributed by atoms with van der Waals surface area (Å²) in [5.41, 5.74) is -0.870. The monoisotopic (exact) mass is 255 g/mol. The van der Waals surface area contributed by atoms with E-state index in [0.717, 1.165) is 9.88 Å². The Morgan fingerprint density at radius 1 is 1.35 bits per heavy atom. The highest BCUT2D eigenvalue weighted by atomic mass is 32.1. The molecule has 0 radical (unpaired) electrons.